The monoisotopic (exact) mass is 577 g/mol. The van der Waals surface area contributed by atoms with Gasteiger partial charge in [0.15, 0.2) is 6.04 Å². The zero-order valence-corrected chi connectivity index (χ0v) is 24.1. The Balaban J connectivity index is 1.19. The first-order valence-electron chi connectivity index (χ1n) is 15.0. The second-order valence-electron chi connectivity index (χ2n) is 11.9. The molecule has 3 fully saturated rings. The number of hydrogen-bond acceptors (Lipinski definition) is 3. The normalized spacial score (nSPS) is 21.2. The number of benzene rings is 3. The maximum Gasteiger partial charge on any atom is 0.329 e. The molecule has 0 radical (unpaired) electrons. The molecule has 1 saturated carbocycles. The number of amides is 4. The lowest BCUT2D eigenvalue weighted by Crippen LogP contribution is -2.67. The Morgan fingerprint density at radius 1 is 0.814 bits per heavy atom. The molecule has 4 aromatic rings. The van der Waals surface area contributed by atoms with E-state index >= 15 is 0 Å². The lowest BCUT2D eigenvalue weighted by atomic mass is 10.0. The Morgan fingerprint density at radius 2 is 1.44 bits per heavy atom. The minimum Gasteiger partial charge on any atom is -0.480 e. The van der Waals surface area contributed by atoms with Gasteiger partial charge in [-0.25, -0.2) is 14.4 Å². The summed E-state index contributed by atoms with van der Waals surface area (Å²) in [6, 6.07) is 24.4. The average Bonchev–Trinajstić information content (AvgIpc) is 3.76. The molecule has 3 atom stereocenters. The van der Waals surface area contributed by atoms with Crippen LogP contribution in [0.25, 0.3) is 10.9 Å². The second-order valence-corrected chi connectivity index (χ2v) is 11.9. The maximum absolute atomic E-state index is 14.3. The molecular weight excluding hydrogens is 542 g/mol. The highest BCUT2D eigenvalue weighted by Gasteiger charge is 2.55. The predicted molar refractivity (Wildman–Crippen MR) is 164 cm³/mol. The lowest BCUT2D eigenvalue weighted by molar-refractivity contribution is -0.145. The Hall–Kier alpha value is -4.79. The van der Waals surface area contributed by atoms with Gasteiger partial charge in [0, 0.05) is 43.3 Å². The molecule has 3 aliphatic rings. The number of fused-ring (bicyclic) bond motifs is 3. The summed E-state index contributed by atoms with van der Waals surface area (Å²) >= 11 is 0. The van der Waals surface area contributed by atoms with Crippen LogP contribution in [0.2, 0.25) is 0 Å². The highest BCUT2D eigenvalue weighted by Crippen LogP contribution is 2.40. The third kappa shape index (κ3) is 4.78. The summed E-state index contributed by atoms with van der Waals surface area (Å²) in [5.41, 5.74) is 3.50. The number of carbonyl (C=O) groups is 3. The third-order valence-electron chi connectivity index (χ3n) is 9.15. The zero-order chi connectivity index (χ0) is 29.7. The molecule has 43 heavy (non-hydrogen) atoms. The molecule has 3 aromatic carbocycles. The first kappa shape index (κ1) is 27.1. The van der Waals surface area contributed by atoms with Gasteiger partial charge in [-0.1, -0.05) is 54.6 Å². The molecule has 9 nitrogen and oxygen atoms in total. The van der Waals surface area contributed by atoms with Gasteiger partial charge in [0.2, 0.25) is 0 Å². The van der Waals surface area contributed by atoms with Gasteiger partial charge in [-0.15, -0.1) is 0 Å². The standard InChI is InChI=1S/C34H35N5O4/c1-35-20-23(28-14-8-9-15-29(28)35)21-36(24-16-17-24)33(42)39-27-18-19-30(39)31(32(40)41)37(22-27)34(43)38(25-10-4-2-5-11-25)26-12-6-3-7-13-26/h2-15,20,24,27,30-31H,16-19,21-22H2,1H3,(H,40,41)/t27-,30+,31-/m0/s1. The topological polar surface area (TPSA) is 89.3 Å². The molecule has 9 heteroatoms. The molecule has 220 valence electrons. The number of nitrogens with zero attached hydrogens (tertiary/aromatic N) is 5. The van der Waals surface area contributed by atoms with Gasteiger partial charge in [-0.3, -0.25) is 4.90 Å². The van der Waals surface area contributed by atoms with Crippen LogP contribution in [-0.4, -0.2) is 73.1 Å². The zero-order valence-electron chi connectivity index (χ0n) is 24.1. The summed E-state index contributed by atoms with van der Waals surface area (Å²) in [5, 5.41) is 11.7. The number of carbonyl (C=O) groups excluding carboxylic acids is 2. The fourth-order valence-electron chi connectivity index (χ4n) is 7.02. The first-order valence-corrected chi connectivity index (χ1v) is 15.0. The van der Waals surface area contributed by atoms with Gasteiger partial charge in [0.05, 0.1) is 23.5 Å². The van der Waals surface area contributed by atoms with Crippen molar-refractivity contribution < 1.29 is 19.5 Å². The van der Waals surface area contributed by atoms with Gasteiger partial charge in [-0.2, -0.15) is 0 Å². The maximum atomic E-state index is 14.3. The molecule has 1 N–H and O–H groups in total. The summed E-state index contributed by atoms with van der Waals surface area (Å²) in [6.07, 6.45) is 5.17. The van der Waals surface area contributed by atoms with E-state index in [0.717, 1.165) is 29.3 Å². The van der Waals surface area contributed by atoms with Gasteiger partial charge in [-0.05, 0) is 61.6 Å². The van der Waals surface area contributed by atoms with Crippen molar-refractivity contribution in [2.45, 2.75) is 56.4 Å². The van der Waals surface area contributed by atoms with Gasteiger partial charge >= 0.3 is 18.0 Å². The molecule has 0 unspecified atom stereocenters. The molecule has 0 spiro atoms. The van der Waals surface area contributed by atoms with Gasteiger partial charge in [0.1, 0.15) is 0 Å². The van der Waals surface area contributed by atoms with E-state index in [1.807, 2.05) is 84.7 Å². The van der Waals surface area contributed by atoms with Crippen molar-refractivity contribution in [3.05, 3.63) is 96.7 Å². The van der Waals surface area contributed by atoms with E-state index in [2.05, 4.69) is 22.9 Å². The number of aliphatic carboxylic acids is 1. The molecule has 4 amide bonds. The van der Waals surface area contributed by atoms with E-state index in [1.54, 1.807) is 9.80 Å². The smallest absolute Gasteiger partial charge is 0.329 e. The van der Waals surface area contributed by atoms with E-state index in [4.69, 9.17) is 0 Å². The number of urea groups is 2. The van der Waals surface area contributed by atoms with Crippen LogP contribution in [0.15, 0.2) is 91.1 Å². The number of rotatable bonds is 6. The number of aromatic nitrogens is 1. The van der Waals surface area contributed by atoms with Crippen molar-refractivity contribution in [1.82, 2.24) is 19.3 Å². The Kier molecular flexibility index (Phi) is 6.80. The number of aryl methyl sites for hydroxylation is 1. The second kappa shape index (κ2) is 10.8. The molecule has 2 aliphatic heterocycles. The molecule has 3 heterocycles. The number of anilines is 2. The Morgan fingerprint density at radius 3 is 2.07 bits per heavy atom. The molecular formula is C34H35N5O4. The fraction of sp³-hybridized carbons (Fsp3) is 0.324. The fourth-order valence-corrected chi connectivity index (χ4v) is 7.02. The van der Waals surface area contributed by atoms with Crippen molar-refractivity contribution in [3.63, 3.8) is 0 Å². The number of carboxylic acid groups (broad SMARTS) is 1. The van der Waals surface area contributed by atoms with E-state index in [0.29, 0.717) is 30.8 Å². The van der Waals surface area contributed by atoms with Crippen LogP contribution in [0.4, 0.5) is 21.0 Å². The largest absolute Gasteiger partial charge is 0.480 e. The summed E-state index contributed by atoms with van der Waals surface area (Å²) in [6.45, 7) is 0.637. The van der Waals surface area contributed by atoms with Crippen LogP contribution < -0.4 is 4.90 Å². The lowest BCUT2D eigenvalue weighted by Gasteiger charge is -2.47. The van der Waals surface area contributed by atoms with Crippen LogP contribution >= 0.6 is 0 Å². The summed E-state index contributed by atoms with van der Waals surface area (Å²) < 4.78 is 2.08. The summed E-state index contributed by atoms with van der Waals surface area (Å²) in [7, 11) is 2.01. The van der Waals surface area contributed by atoms with Crippen molar-refractivity contribution in [3.8, 4) is 0 Å². The molecule has 7 rings (SSSR count). The molecule has 1 aromatic heterocycles. The molecule has 1 aliphatic carbocycles. The Labute approximate surface area is 250 Å². The predicted octanol–water partition coefficient (Wildman–Crippen LogP) is 5.82. The van der Waals surface area contributed by atoms with Crippen LogP contribution in [0.5, 0.6) is 0 Å². The van der Waals surface area contributed by atoms with E-state index in [9.17, 15) is 19.5 Å². The van der Waals surface area contributed by atoms with Crippen LogP contribution in [-0.2, 0) is 18.4 Å². The van der Waals surface area contributed by atoms with E-state index in [1.165, 1.54) is 4.90 Å². The van der Waals surface area contributed by atoms with Gasteiger partial charge in [0.25, 0.3) is 0 Å². The van der Waals surface area contributed by atoms with Crippen molar-refractivity contribution in [2.24, 2.45) is 7.05 Å². The number of carboxylic acids is 1. The highest BCUT2D eigenvalue weighted by molar-refractivity contribution is 6.01. The number of piperazine rings is 1. The van der Waals surface area contributed by atoms with Crippen molar-refractivity contribution in [2.75, 3.05) is 11.4 Å². The SMILES string of the molecule is Cn1cc(CN(C(=O)N2[C@H]3CC[C@@H]2[C@@H](C(=O)O)N(C(=O)N(c2ccccc2)c2ccccc2)C3)C2CC2)c2ccccc21. The number of hydrogen-bond donors (Lipinski definition) is 1. The summed E-state index contributed by atoms with van der Waals surface area (Å²) in [4.78, 5) is 48.3. The highest BCUT2D eigenvalue weighted by atomic mass is 16.4. The number of likely N-dealkylation sites (tertiary alicyclic amines) is 1. The van der Waals surface area contributed by atoms with Crippen LogP contribution in [0, 0.1) is 0 Å². The van der Waals surface area contributed by atoms with Crippen molar-refractivity contribution in [1.29, 1.82) is 0 Å². The minimum atomic E-state index is -1.15. The minimum absolute atomic E-state index is 0.121. The van der Waals surface area contributed by atoms with Crippen LogP contribution in [0.1, 0.15) is 31.2 Å². The molecule has 2 saturated heterocycles. The van der Waals surface area contributed by atoms with Gasteiger partial charge < -0.3 is 24.4 Å². The Bertz CT molecular complexity index is 1630. The number of para-hydroxylation sites is 3. The van der Waals surface area contributed by atoms with Crippen LogP contribution in [0.3, 0.4) is 0 Å². The quantitative estimate of drug-likeness (QED) is 0.313. The average molecular weight is 578 g/mol. The third-order valence-corrected chi connectivity index (χ3v) is 9.15. The van der Waals surface area contributed by atoms with E-state index in [-0.39, 0.29) is 24.7 Å². The molecule has 2 bridgehead atoms. The summed E-state index contributed by atoms with van der Waals surface area (Å²) in [5.74, 6) is -1.09. The van der Waals surface area contributed by atoms with E-state index < -0.39 is 24.1 Å². The van der Waals surface area contributed by atoms with Crippen molar-refractivity contribution >= 4 is 40.3 Å². The first-order chi connectivity index (χ1) is 20.9.